The highest BCUT2D eigenvalue weighted by atomic mass is 16.5. The molecular weight excluding hydrogens is 452 g/mol. The molecule has 2 N–H and O–H groups in total. The zero-order valence-corrected chi connectivity index (χ0v) is 20.2. The lowest BCUT2D eigenvalue weighted by Gasteiger charge is -2.24. The molecule has 0 bridgehead atoms. The van der Waals surface area contributed by atoms with Crippen LogP contribution in [0.5, 0.6) is 28.7 Å². The molecule has 2 amide bonds. The van der Waals surface area contributed by atoms with Gasteiger partial charge in [-0.2, -0.15) is 0 Å². The number of benzene rings is 3. The van der Waals surface area contributed by atoms with E-state index in [4.69, 9.17) is 23.7 Å². The van der Waals surface area contributed by atoms with Crippen LogP contribution in [0.15, 0.2) is 60.7 Å². The minimum Gasteiger partial charge on any atom is -0.496 e. The molecule has 9 nitrogen and oxygen atoms in total. The number of amides is 2. The molecule has 0 saturated carbocycles. The van der Waals surface area contributed by atoms with Gasteiger partial charge in [0.15, 0.2) is 11.5 Å². The first-order valence-electron chi connectivity index (χ1n) is 10.6. The second kappa shape index (κ2) is 11.6. The summed E-state index contributed by atoms with van der Waals surface area (Å²) < 4.78 is 26.9. The van der Waals surface area contributed by atoms with Crippen LogP contribution in [0.1, 0.15) is 32.4 Å². The van der Waals surface area contributed by atoms with Gasteiger partial charge in [0.1, 0.15) is 17.7 Å². The Morgan fingerprint density at radius 3 is 1.37 bits per heavy atom. The van der Waals surface area contributed by atoms with E-state index >= 15 is 0 Å². The number of carbonyl (C=O) groups excluding carboxylic acids is 2. The van der Waals surface area contributed by atoms with Gasteiger partial charge < -0.3 is 34.3 Å². The Kier molecular flexibility index (Phi) is 8.39. The minimum absolute atomic E-state index is 0.305. The molecule has 3 rings (SSSR count). The summed E-state index contributed by atoms with van der Waals surface area (Å²) in [6.07, 6.45) is -0.974. The van der Waals surface area contributed by atoms with Crippen molar-refractivity contribution in [2.45, 2.75) is 6.17 Å². The number of hydrogen-bond donors (Lipinski definition) is 2. The predicted molar refractivity (Wildman–Crippen MR) is 130 cm³/mol. The van der Waals surface area contributed by atoms with Crippen LogP contribution in [-0.4, -0.2) is 47.4 Å². The SMILES string of the molecule is COc1ccccc1C(=O)NC(NC(=O)c1ccccc1OC)c1cc(OC)c(OC)c(OC)c1. The average molecular weight is 481 g/mol. The van der Waals surface area contributed by atoms with Crippen molar-refractivity contribution in [2.75, 3.05) is 35.5 Å². The molecule has 0 aliphatic carbocycles. The first-order valence-corrected chi connectivity index (χ1v) is 10.6. The third-order valence-electron chi connectivity index (χ3n) is 5.27. The normalized spacial score (nSPS) is 10.3. The number of carbonyl (C=O) groups is 2. The van der Waals surface area contributed by atoms with Crippen molar-refractivity contribution >= 4 is 11.8 Å². The van der Waals surface area contributed by atoms with Gasteiger partial charge in [-0.1, -0.05) is 24.3 Å². The summed E-state index contributed by atoms with van der Waals surface area (Å²) in [7, 11) is 7.41. The summed E-state index contributed by atoms with van der Waals surface area (Å²) in [4.78, 5) is 26.5. The Balaban J connectivity index is 2.05. The molecular formula is C26H28N2O7. The molecule has 0 radical (unpaired) electrons. The number of methoxy groups -OCH3 is 5. The summed E-state index contributed by atoms with van der Waals surface area (Å²) in [5.74, 6) is 0.983. The lowest BCUT2D eigenvalue weighted by molar-refractivity contribution is 0.0880. The maximum atomic E-state index is 13.2. The maximum absolute atomic E-state index is 13.2. The third kappa shape index (κ3) is 5.57. The van der Waals surface area contributed by atoms with Gasteiger partial charge in [0, 0.05) is 5.56 Å². The second-order valence-corrected chi connectivity index (χ2v) is 7.24. The van der Waals surface area contributed by atoms with Crippen LogP contribution in [0.2, 0.25) is 0 Å². The highest BCUT2D eigenvalue weighted by Crippen LogP contribution is 2.39. The number of hydrogen-bond acceptors (Lipinski definition) is 7. The van der Waals surface area contributed by atoms with Gasteiger partial charge >= 0.3 is 0 Å². The van der Waals surface area contributed by atoms with E-state index in [0.717, 1.165) is 0 Å². The minimum atomic E-state index is -0.974. The molecule has 0 aromatic heterocycles. The summed E-state index contributed by atoms with van der Waals surface area (Å²) in [5.41, 5.74) is 1.10. The molecule has 0 atom stereocenters. The van der Waals surface area contributed by atoms with Crippen molar-refractivity contribution < 1.29 is 33.3 Å². The fraction of sp³-hybridized carbons (Fsp3) is 0.231. The zero-order valence-electron chi connectivity index (χ0n) is 20.2. The smallest absolute Gasteiger partial charge is 0.256 e. The summed E-state index contributed by atoms with van der Waals surface area (Å²) in [6.45, 7) is 0. The molecule has 184 valence electrons. The van der Waals surface area contributed by atoms with Crippen LogP contribution in [0.25, 0.3) is 0 Å². The molecule has 3 aromatic carbocycles. The molecule has 0 unspecified atom stereocenters. The van der Waals surface area contributed by atoms with Crippen molar-refractivity contribution in [1.82, 2.24) is 10.6 Å². The van der Waals surface area contributed by atoms with E-state index < -0.39 is 18.0 Å². The number of rotatable bonds is 10. The first kappa shape index (κ1) is 25.2. The van der Waals surface area contributed by atoms with E-state index in [1.807, 2.05) is 0 Å². The van der Waals surface area contributed by atoms with Crippen LogP contribution in [0, 0.1) is 0 Å². The Bertz CT molecular complexity index is 1110. The van der Waals surface area contributed by atoms with Gasteiger partial charge in [0.25, 0.3) is 11.8 Å². The molecule has 3 aromatic rings. The summed E-state index contributed by atoms with van der Waals surface area (Å²) in [5, 5.41) is 5.72. The molecule has 0 aliphatic rings. The van der Waals surface area contributed by atoms with Crippen molar-refractivity contribution in [2.24, 2.45) is 0 Å². The van der Waals surface area contributed by atoms with Crippen molar-refractivity contribution in [3.8, 4) is 28.7 Å². The molecule has 9 heteroatoms. The van der Waals surface area contributed by atoms with Gasteiger partial charge in [-0.3, -0.25) is 9.59 Å². The van der Waals surface area contributed by atoms with Crippen LogP contribution < -0.4 is 34.3 Å². The first-order chi connectivity index (χ1) is 17.0. The van der Waals surface area contributed by atoms with E-state index in [0.29, 0.717) is 45.4 Å². The van der Waals surface area contributed by atoms with Gasteiger partial charge in [-0.15, -0.1) is 0 Å². The molecule has 0 heterocycles. The summed E-state index contributed by atoms with van der Waals surface area (Å²) in [6, 6.07) is 16.9. The Morgan fingerprint density at radius 2 is 1.00 bits per heavy atom. The largest absolute Gasteiger partial charge is 0.496 e. The highest BCUT2D eigenvalue weighted by molar-refractivity contribution is 5.99. The van der Waals surface area contributed by atoms with Crippen LogP contribution in [-0.2, 0) is 0 Å². The van der Waals surface area contributed by atoms with E-state index in [1.54, 1.807) is 60.7 Å². The molecule has 35 heavy (non-hydrogen) atoms. The third-order valence-corrected chi connectivity index (χ3v) is 5.27. The summed E-state index contributed by atoms with van der Waals surface area (Å²) >= 11 is 0. The zero-order chi connectivity index (χ0) is 25.4. The molecule has 0 fully saturated rings. The van der Waals surface area contributed by atoms with Crippen molar-refractivity contribution in [3.05, 3.63) is 77.4 Å². The Hall–Kier alpha value is -4.40. The van der Waals surface area contributed by atoms with E-state index in [1.165, 1.54) is 35.5 Å². The lowest BCUT2D eigenvalue weighted by atomic mass is 10.1. The molecule has 0 aliphatic heterocycles. The van der Waals surface area contributed by atoms with E-state index in [9.17, 15) is 9.59 Å². The number of ether oxygens (including phenoxy) is 5. The number of para-hydroxylation sites is 2. The topological polar surface area (TPSA) is 104 Å². The van der Waals surface area contributed by atoms with E-state index in [2.05, 4.69) is 10.6 Å². The van der Waals surface area contributed by atoms with Crippen molar-refractivity contribution in [1.29, 1.82) is 0 Å². The monoisotopic (exact) mass is 480 g/mol. The van der Waals surface area contributed by atoms with Crippen LogP contribution >= 0.6 is 0 Å². The van der Waals surface area contributed by atoms with Gasteiger partial charge in [0.2, 0.25) is 5.75 Å². The standard InChI is InChI=1S/C26H28N2O7/c1-31-19-12-8-6-10-17(19)25(29)27-24(28-26(30)18-11-7-9-13-20(18)32-2)16-14-21(33-3)23(35-5)22(15-16)34-4/h6-15,24H,1-5H3,(H,27,29)(H,28,30). The fourth-order valence-electron chi connectivity index (χ4n) is 3.55. The predicted octanol–water partition coefficient (Wildman–Crippen LogP) is 3.59. The highest BCUT2D eigenvalue weighted by Gasteiger charge is 2.25. The van der Waals surface area contributed by atoms with Crippen LogP contribution in [0.4, 0.5) is 0 Å². The number of nitrogens with one attached hydrogen (secondary N) is 2. The van der Waals surface area contributed by atoms with E-state index in [-0.39, 0.29) is 0 Å². The van der Waals surface area contributed by atoms with Gasteiger partial charge in [-0.05, 0) is 36.4 Å². The quantitative estimate of drug-likeness (QED) is 0.428. The molecule has 0 spiro atoms. The van der Waals surface area contributed by atoms with Gasteiger partial charge in [0.05, 0.1) is 46.7 Å². The molecule has 0 saturated heterocycles. The second-order valence-electron chi connectivity index (χ2n) is 7.24. The van der Waals surface area contributed by atoms with Gasteiger partial charge in [-0.25, -0.2) is 0 Å². The Morgan fingerprint density at radius 1 is 0.600 bits per heavy atom. The van der Waals surface area contributed by atoms with Crippen molar-refractivity contribution in [3.63, 3.8) is 0 Å². The Labute approximate surface area is 203 Å². The fourth-order valence-corrected chi connectivity index (χ4v) is 3.55. The average Bonchev–Trinajstić information content (AvgIpc) is 2.91. The van der Waals surface area contributed by atoms with Crippen LogP contribution in [0.3, 0.4) is 0 Å². The maximum Gasteiger partial charge on any atom is 0.256 e. The lowest BCUT2D eigenvalue weighted by Crippen LogP contribution is -2.41.